The Morgan fingerprint density at radius 1 is 1.15 bits per heavy atom. The summed E-state index contributed by atoms with van der Waals surface area (Å²) in [6, 6.07) is 4.59. The van der Waals surface area contributed by atoms with Gasteiger partial charge in [0.2, 0.25) is 0 Å². The summed E-state index contributed by atoms with van der Waals surface area (Å²) in [7, 11) is 0. The standard InChI is InChI=1S/C28H29FN6O4/c1-28(2,3)39-27(36)34-10-19-20(29)6-7-21-23(19)16(11-37-21)12-38-22-8-17(25(31)35(13-30)26(22)34)18-9-32-14-33-24(18)15-4-5-15/h6-9,13-16,30-31H,4-5,10-12H2,1-3H3/t16-/m1/s1. The molecule has 39 heavy (non-hydrogen) atoms. The summed E-state index contributed by atoms with van der Waals surface area (Å²) in [6.07, 6.45) is 5.36. The van der Waals surface area contributed by atoms with E-state index in [0.29, 0.717) is 29.0 Å². The molecule has 1 fully saturated rings. The molecule has 0 unspecified atom stereocenters. The van der Waals surface area contributed by atoms with Crippen molar-refractivity contribution in [3.8, 4) is 22.6 Å². The molecule has 0 spiro atoms. The number of carbonyl (C=O) groups is 1. The average molecular weight is 533 g/mol. The average Bonchev–Trinajstić information content (AvgIpc) is 3.65. The lowest BCUT2D eigenvalue weighted by molar-refractivity contribution is 0.0574. The van der Waals surface area contributed by atoms with Gasteiger partial charge in [-0.25, -0.2) is 19.2 Å². The Kier molecular flexibility index (Phi) is 5.89. The second-order valence-corrected chi connectivity index (χ2v) is 11.0. The number of nitrogens with one attached hydrogen (secondary N) is 2. The molecule has 0 saturated heterocycles. The first-order valence-corrected chi connectivity index (χ1v) is 12.9. The third-order valence-electron chi connectivity index (χ3n) is 7.08. The maximum absolute atomic E-state index is 15.3. The fraction of sp³-hybridized carbons (Fsp3) is 0.393. The molecule has 6 rings (SSSR count). The lowest BCUT2D eigenvalue weighted by Crippen LogP contribution is -2.40. The van der Waals surface area contributed by atoms with Crippen molar-refractivity contribution in [2.24, 2.45) is 0 Å². The highest BCUT2D eigenvalue weighted by atomic mass is 19.1. The Hall–Kier alpha value is -4.28. The zero-order valence-corrected chi connectivity index (χ0v) is 22.0. The van der Waals surface area contributed by atoms with E-state index in [4.69, 9.17) is 25.0 Å². The van der Waals surface area contributed by atoms with Gasteiger partial charge >= 0.3 is 6.09 Å². The molecular weight excluding hydrogens is 503 g/mol. The van der Waals surface area contributed by atoms with Crippen molar-refractivity contribution < 1.29 is 23.4 Å². The van der Waals surface area contributed by atoms with Crippen LogP contribution in [0.15, 0.2) is 30.7 Å². The van der Waals surface area contributed by atoms with Crippen LogP contribution in [-0.2, 0) is 11.3 Å². The zero-order valence-electron chi connectivity index (χ0n) is 22.0. The number of halogens is 1. The number of fused-ring (bicyclic) bond motifs is 1. The first-order valence-electron chi connectivity index (χ1n) is 12.9. The van der Waals surface area contributed by atoms with Gasteiger partial charge in [0, 0.05) is 34.4 Å². The second-order valence-electron chi connectivity index (χ2n) is 11.0. The highest BCUT2D eigenvalue weighted by Crippen LogP contribution is 2.45. The van der Waals surface area contributed by atoms with E-state index in [0.717, 1.165) is 24.9 Å². The van der Waals surface area contributed by atoms with Crippen LogP contribution in [0.3, 0.4) is 0 Å². The first-order chi connectivity index (χ1) is 18.7. The Balaban J connectivity index is 1.59. The Morgan fingerprint density at radius 3 is 2.59 bits per heavy atom. The van der Waals surface area contributed by atoms with Gasteiger partial charge in [0.1, 0.15) is 29.0 Å². The number of rotatable bonds is 3. The predicted molar refractivity (Wildman–Crippen MR) is 140 cm³/mol. The molecule has 10 nitrogen and oxygen atoms in total. The summed E-state index contributed by atoms with van der Waals surface area (Å²) in [5.74, 6) is 0.435. The molecule has 0 bridgehead atoms. The van der Waals surface area contributed by atoms with E-state index in [9.17, 15) is 4.79 Å². The molecular formula is C28H29FN6O4. The van der Waals surface area contributed by atoms with E-state index in [1.807, 2.05) is 0 Å². The molecule has 1 saturated carbocycles. The van der Waals surface area contributed by atoms with Crippen LogP contribution in [0.1, 0.15) is 62.3 Å². The second kappa shape index (κ2) is 9.18. The van der Waals surface area contributed by atoms with Crippen LogP contribution in [0.25, 0.3) is 11.1 Å². The minimum absolute atomic E-state index is 0.0571. The van der Waals surface area contributed by atoms with Crippen molar-refractivity contribution in [3.05, 3.63) is 58.8 Å². The van der Waals surface area contributed by atoms with Gasteiger partial charge in [-0.1, -0.05) is 0 Å². The van der Waals surface area contributed by atoms with Crippen molar-refractivity contribution >= 4 is 18.2 Å². The normalized spacial score (nSPS) is 18.1. The molecule has 2 N–H and O–H groups in total. The molecule has 1 aromatic carbocycles. The van der Waals surface area contributed by atoms with Gasteiger partial charge in [-0.2, -0.15) is 0 Å². The monoisotopic (exact) mass is 532 g/mol. The number of carbonyl (C=O) groups excluding carboxylic acids is 1. The first kappa shape index (κ1) is 25.0. The number of benzene rings is 1. The van der Waals surface area contributed by atoms with Crippen LogP contribution in [0.2, 0.25) is 0 Å². The van der Waals surface area contributed by atoms with Crippen molar-refractivity contribution in [1.29, 1.82) is 10.8 Å². The van der Waals surface area contributed by atoms with Gasteiger partial charge in [0.15, 0.2) is 11.6 Å². The summed E-state index contributed by atoms with van der Waals surface area (Å²) >= 11 is 0. The fourth-order valence-corrected chi connectivity index (χ4v) is 5.19. The number of ether oxygens (including phenoxy) is 3. The summed E-state index contributed by atoms with van der Waals surface area (Å²) in [5.41, 5.74) is 2.02. The Bertz CT molecular complexity index is 1560. The third-order valence-corrected chi connectivity index (χ3v) is 7.08. The molecule has 1 amide bonds. The number of nitrogens with zero attached hydrogens (tertiary/aromatic N) is 4. The van der Waals surface area contributed by atoms with E-state index in [-0.39, 0.29) is 47.6 Å². The van der Waals surface area contributed by atoms with Crippen LogP contribution < -0.4 is 19.9 Å². The molecule has 1 atom stereocenters. The molecule has 11 heteroatoms. The number of aromatic nitrogens is 3. The van der Waals surface area contributed by atoms with E-state index in [1.54, 1.807) is 39.1 Å². The maximum atomic E-state index is 15.3. The SMILES string of the molecule is CC(C)(C)OC(=O)N1Cc2c(F)ccc3c2[C@H](CO3)COc2cc(-c3cncnc3C3CC3)c(=N)n(C=N)c21. The molecule has 4 heterocycles. The fourth-order valence-electron chi connectivity index (χ4n) is 5.19. The van der Waals surface area contributed by atoms with Gasteiger partial charge < -0.3 is 14.2 Å². The quantitative estimate of drug-likeness (QED) is 0.372. The van der Waals surface area contributed by atoms with Crippen LogP contribution >= 0.6 is 0 Å². The molecule has 3 aliphatic rings. The van der Waals surface area contributed by atoms with Gasteiger partial charge in [0.25, 0.3) is 0 Å². The van der Waals surface area contributed by atoms with Crippen molar-refractivity contribution in [3.63, 3.8) is 0 Å². The number of anilines is 1. The Morgan fingerprint density at radius 2 is 1.90 bits per heavy atom. The van der Waals surface area contributed by atoms with E-state index >= 15 is 4.39 Å². The van der Waals surface area contributed by atoms with Crippen LogP contribution in [0, 0.1) is 16.6 Å². The third kappa shape index (κ3) is 4.41. The Labute approximate surface area is 224 Å². The lowest BCUT2D eigenvalue weighted by Gasteiger charge is -2.30. The minimum Gasteiger partial charge on any atom is -0.493 e. The largest absolute Gasteiger partial charge is 0.493 e. The summed E-state index contributed by atoms with van der Waals surface area (Å²) in [5, 5.41) is 17.3. The summed E-state index contributed by atoms with van der Waals surface area (Å²) in [4.78, 5) is 23.6. The van der Waals surface area contributed by atoms with Crippen molar-refractivity contribution in [2.45, 2.75) is 57.6 Å². The topological polar surface area (TPSA) is 126 Å². The predicted octanol–water partition coefficient (Wildman–Crippen LogP) is 4.71. The molecule has 3 aromatic rings. The number of hydrogen-bond donors (Lipinski definition) is 2. The maximum Gasteiger partial charge on any atom is 0.416 e. The van der Waals surface area contributed by atoms with Crippen LogP contribution in [0.5, 0.6) is 11.5 Å². The van der Waals surface area contributed by atoms with E-state index < -0.39 is 17.5 Å². The molecule has 1 aliphatic carbocycles. The number of pyridine rings is 1. The zero-order chi connectivity index (χ0) is 27.5. The van der Waals surface area contributed by atoms with E-state index in [2.05, 4.69) is 9.97 Å². The highest BCUT2D eigenvalue weighted by Gasteiger charge is 2.37. The number of amides is 1. The molecule has 202 valence electrons. The van der Waals surface area contributed by atoms with Crippen molar-refractivity contribution in [1.82, 2.24) is 14.5 Å². The molecule has 0 radical (unpaired) electrons. The molecule has 2 aliphatic heterocycles. The van der Waals surface area contributed by atoms with Crippen LogP contribution in [0.4, 0.5) is 15.0 Å². The summed E-state index contributed by atoms with van der Waals surface area (Å²) < 4.78 is 34.5. The summed E-state index contributed by atoms with van der Waals surface area (Å²) in [6.45, 7) is 5.47. The van der Waals surface area contributed by atoms with Crippen LogP contribution in [-0.4, -0.2) is 45.8 Å². The van der Waals surface area contributed by atoms with E-state index in [1.165, 1.54) is 21.9 Å². The van der Waals surface area contributed by atoms with Gasteiger partial charge in [0.05, 0.1) is 37.7 Å². The van der Waals surface area contributed by atoms with Gasteiger partial charge in [-0.05, 0) is 51.8 Å². The number of hydrogen-bond acceptors (Lipinski definition) is 8. The van der Waals surface area contributed by atoms with Gasteiger partial charge in [-0.3, -0.25) is 20.3 Å². The minimum atomic E-state index is -0.848. The molecule has 2 aromatic heterocycles. The van der Waals surface area contributed by atoms with Crippen molar-refractivity contribution in [2.75, 3.05) is 18.1 Å². The highest BCUT2D eigenvalue weighted by molar-refractivity contribution is 5.91. The lowest BCUT2D eigenvalue weighted by atomic mass is 9.95. The smallest absolute Gasteiger partial charge is 0.416 e. The van der Waals surface area contributed by atoms with Gasteiger partial charge in [-0.15, -0.1) is 0 Å².